The van der Waals surface area contributed by atoms with Gasteiger partial charge >= 0.3 is 29.6 Å². The Morgan fingerprint density at radius 1 is 1.23 bits per heavy atom. The van der Waals surface area contributed by atoms with Crippen molar-refractivity contribution < 1.29 is 42.5 Å². The van der Waals surface area contributed by atoms with Gasteiger partial charge in [-0.15, -0.1) is 0 Å². The van der Waals surface area contributed by atoms with Crippen molar-refractivity contribution in [2.45, 2.75) is 4.90 Å². The molecule has 0 bridgehead atoms. The van der Waals surface area contributed by atoms with Crippen LogP contribution in [-0.2, 0) is 10.1 Å². The van der Waals surface area contributed by atoms with Gasteiger partial charge in [-0.25, -0.2) is 8.42 Å². The first-order chi connectivity index (χ1) is 5.43. The smallest absolute Gasteiger partial charge is 0.744 e. The van der Waals surface area contributed by atoms with Crippen LogP contribution in [0.25, 0.3) is 0 Å². The number of hydrogen-bond acceptors (Lipinski definition) is 3. The molecule has 0 amide bonds. The minimum Gasteiger partial charge on any atom is -0.744 e. The van der Waals surface area contributed by atoms with E-state index in [0.29, 0.717) is 0 Å². The van der Waals surface area contributed by atoms with Crippen LogP contribution in [-0.4, -0.2) is 13.0 Å². The maximum absolute atomic E-state index is 10.5. The molecule has 0 unspecified atom stereocenters. The van der Waals surface area contributed by atoms with Crippen LogP contribution < -0.4 is 29.6 Å². The van der Waals surface area contributed by atoms with Crippen LogP contribution in [0.3, 0.4) is 0 Å². The Labute approximate surface area is 108 Å². The Hall–Kier alpha value is 0.710. The fourth-order valence-electron chi connectivity index (χ4n) is 0.677. The summed E-state index contributed by atoms with van der Waals surface area (Å²) >= 11 is 11.0. The predicted octanol–water partition coefficient (Wildman–Crippen LogP) is -1.10. The molecule has 0 saturated heterocycles. The molecule has 66 valence electrons. The van der Waals surface area contributed by atoms with Crippen molar-refractivity contribution >= 4 is 33.3 Å². The minimum absolute atomic E-state index is 0. The fourth-order valence-corrected chi connectivity index (χ4v) is 1.89. The maximum atomic E-state index is 10.5. The Bertz CT molecular complexity index is 404. The quantitative estimate of drug-likeness (QED) is 0.469. The average molecular weight is 249 g/mol. The van der Waals surface area contributed by atoms with E-state index in [9.17, 15) is 13.0 Å². The van der Waals surface area contributed by atoms with Gasteiger partial charge in [0, 0.05) is 0 Å². The van der Waals surface area contributed by atoms with E-state index in [1.54, 1.807) is 0 Å². The minimum atomic E-state index is -4.52. The van der Waals surface area contributed by atoms with Gasteiger partial charge in [-0.1, -0.05) is 29.3 Å². The van der Waals surface area contributed by atoms with Gasteiger partial charge in [-0.3, -0.25) is 0 Å². The molecule has 7 heteroatoms. The molecule has 0 radical (unpaired) electrons. The molecular weight excluding hydrogens is 246 g/mol. The molecule has 0 aliphatic carbocycles. The van der Waals surface area contributed by atoms with Crippen molar-refractivity contribution in [1.82, 2.24) is 0 Å². The summed E-state index contributed by atoms with van der Waals surface area (Å²) in [5.74, 6) is 0. The van der Waals surface area contributed by atoms with Crippen LogP contribution in [0.1, 0.15) is 0 Å². The van der Waals surface area contributed by atoms with Crippen LogP contribution in [0.2, 0.25) is 10.0 Å². The fraction of sp³-hybridized carbons (Fsp3) is 0. The Kier molecular flexibility index (Phi) is 5.25. The van der Waals surface area contributed by atoms with Gasteiger partial charge in [-0.05, 0) is 12.1 Å². The molecular formula is C6H3Cl2NaO3S. The number of halogens is 2. The van der Waals surface area contributed by atoms with E-state index < -0.39 is 15.0 Å². The van der Waals surface area contributed by atoms with Crippen molar-refractivity contribution in [3.63, 3.8) is 0 Å². The summed E-state index contributed by atoms with van der Waals surface area (Å²) in [6.45, 7) is 0. The number of benzene rings is 1. The second kappa shape index (κ2) is 4.98. The summed E-state index contributed by atoms with van der Waals surface area (Å²) < 4.78 is 31.5. The SMILES string of the molecule is O=S(=O)([O-])c1cccc(Cl)c1Cl.[Na+]. The first-order valence-electron chi connectivity index (χ1n) is 2.83. The van der Waals surface area contributed by atoms with Gasteiger partial charge in [0.15, 0.2) is 0 Å². The molecule has 1 aromatic rings. The van der Waals surface area contributed by atoms with Crippen molar-refractivity contribution in [1.29, 1.82) is 0 Å². The van der Waals surface area contributed by atoms with Crippen LogP contribution >= 0.6 is 23.2 Å². The standard InChI is InChI=1S/C6H4Cl2O3S.Na/c7-4-2-1-3-5(6(4)8)12(9,10)11;/h1-3H,(H,9,10,11);/q;+1/p-1. The summed E-state index contributed by atoms with van der Waals surface area (Å²) in [7, 11) is -4.52. The largest absolute Gasteiger partial charge is 1.00 e. The van der Waals surface area contributed by atoms with E-state index in [4.69, 9.17) is 23.2 Å². The number of rotatable bonds is 1. The van der Waals surface area contributed by atoms with Crippen molar-refractivity contribution in [3.05, 3.63) is 28.2 Å². The van der Waals surface area contributed by atoms with E-state index in [1.807, 2.05) is 0 Å². The molecule has 0 spiro atoms. The first-order valence-corrected chi connectivity index (χ1v) is 4.99. The van der Waals surface area contributed by atoms with E-state index in [-0.39, 0.29) is 39.6 Å². The van der Waals surface area contributed by atoms with E-state index >= 15 is 0 Å². The summed E-state index contributed by atoms with van der Waals surface area (Å²) in [5, 5.41) is -0.178. The Morgan fingerprint density at radius 2 is 1.77 bits per heavy atom. The predicted molar refractivity (Wildman–Crippen MR) is 44.4 cm³/mol. The molecule has 3 nitrogen and oxygen atoms in total. The van der Waals surface area contributed by atoms with Gasteiger partial charge in [0.05, 0.1) is 14.9 Å². The van der Waals surface area contributed by atoms with Gasteiger partial charge in [0.2, 0.25) is 0 Å². The zero-order valence-corrected chi connectivity index (χ0v) is 10.9. The number of hydrogen-bond donors (Lipinski definition) is 0. The Morgan fingerprint density at radius 3 is 2.15 bits per heavy atom. The molecule has 13 heavy (non-hydrogen) atoms. The van der Waals surface area contributed by atoms with Crippen molar-refractivity contribution in [3.8, 4) is 0 Å². The second-order valence-electron chi connectivity index (χ2n) is 2.01. The third kappa shape index (κ3) is 3.40. The molecule has 0 aliphatic rings. The summed E-state index contributed by atoms with van der Waals surface area (Å²) in [6, 6.07) is 3.86. The second-order valence-corrected chi connectivity index (χ2v) is 4.14. The van der Waals surface area contributed by atoms with Gasteiger partial charge in [0.1, 0.15) is 10.1 Å². The monoisotopic (exact) mass is 248 g/mol. The van der Waals surface area contributed by atoms with Crippen LogP contribution in [0.5, 0.6) is 0 Å². The van der Waals surface area contributed by atoms with E-state index in [2.05, 4.69) is 0 Å². The first kappa shape index (κ1) is 13.7. The van der Waals surface area contributed by atoms with Gasteiger partial charge < -0.3 is 4.55 Å². The van der Waals surface area contributed by atoms with E-state index in [1.165, 1.54) is 12.1 Å². The normalized spacial score (nSPS) is 10.7. The zero-order chi connectivity index (χ0) is 9.35. The van der Waals surface area contributed by atoms with Gasteiger partial charge in [0.25, 0.3) is 0 Å². The molecule has 0 saturated carbocycles. The third-order valence-corrected chi connectivity index (χ3v) is 3.00. The van der Waals surface area contributed by atoms with Gasteiger partial charge in [-0.2, -0.15) is 0 Å². The maximum Gasteiger partial charge on any atom is 1.00 e. The van der Waals surface area contributed by atoms with Crippen LogP contribution in [0.4, 0.5) is 0 Å². The molecule has 0 aliphatic heterocycles. The molecule has 0 heterocycles. The average Bonchev–Trinajstić information content (AvgIpc) is 1.92. The summed E-state index contributed by atoms with van der Waals surface area (Å²) in [6.07, 6.45) is 0. The third-order valence-electron chi connectivity index (χ3n) is 1.19. The Balaban J connectivity index is 0.00000144. The molecule has 1 rings (SSSR count). The molecule has 0 fully saturated rings. The van der Waals surface area contributed by atoms with Crippen molar-refractivity contribution in [2.75, 3.05) is 0 Å². The molecule has 0 N–H and O–H groups in total. The van der Waals surface area contributed by atoms with E-state index in [0.717, 1.165) is 6.07 Å². The summed E-state index contributed by atoms with van der Waals surface area (Å²) in [5.41, 5.74) is 0. The van der Waals surface area contributed by atoms with Crippen LogP contribution in [0.15, 0.2) is 23.1 Å². The molecule has 1 aromatic carbocycles. The molecule has 0 atom stereocenters. The zero-order valence-electron chi connectivity index (χ0n) is 6.62. The topological polar surface area (TPSA) is 57.2 Å². The summed E-state index contributed by atoms with van der Waals surface area (Å²) in [4.78, 5) is -0.489. The molecule has 0 aromatic heterocycles. The van der Waals surface area contributed by atoms with Crippen molar-refractivity contribution in [2.24, 2.45) is 0 Å². The van der Waals surface area contributed by atoms with Crippen LogP contribution in [0, 0.1) is 0 Å².